The van der Waals surface area contributed by atoms with E-state index in [-0.39, 0.29) is 67.1 Å². The number of carbonyl (C=O) groups excluding carboxylic acids is 4. The lowest BCUT2D eigenvalue weighted by molar-refractivity contribution is -0.126. The lowest BCUT2D eigenvalue weighted by atomic mass is 10.0. The van der Waals surface area contributed by atoms with Crippen LogP contribution < -0.4 is 16.4 Å². The minimum Gasteiger partial charge on any atom is -0.355 e. The number of carbonyl (C=O) groups is 4. The van der Waals surface area contributed by atoms with Crippen molar-refractivity contribution in [2.75, 3.05) is 32.7 Å². The number of nitrogens with one attached hydrogen (secondary N) is 2. The Kier molecular flexibility index (Phi) is 15.3. The highest BCUT2D eigenvalue weighted by Gasteiger charge is 2.37. The van der Waals surface area contributed by atoms with Crippen molar-refractivity contribution in [3.63, 3.8) is 0 Å². The van der Waals surface area contributed by atoms with Gasteiger partial charge in [-0.1, -0.05) is 33.8 Å². The summed E-state index contributed by atoms with van der Waals surface area (Å²) in [5.74, 6) is -0.923. The van der Waals surface area contributed by atoms with Gasteiger partial charge < -0.3 is 30.7 Å². The van der Waals surface area contributed by atoms with E-state index in [1.807, 2.05) is 26.0 Å². The van der Waals surface area contributed by atoms with Crippen molar-refractivity contribution < 1.29 is 23.6 Å². The van der Waals surface area contributed by atoms with Gasteiger partial charge in [-0.05, 0) is 86.4 Å². The Bertz CT molecular complexity index is 1700. The van der Waals surface area contributed by atoms with E-state index in [1.165, 1.54) is 15.9 Å². The topological polar surface area (TPSA) is 143 Å². The molecule has 0 saturated carbocycles. The maximum absolute atomic E-state index is 14.9. The predicted octanol–water partition coefficient (Wildman–Crippen LogP) is 4.52. The number of amides is 4. The highest BCUT2D eigenvalue weighted by molar-refractivity contribution is 6.00. The van der Waals surface area contributed by atoms with E-state index in [9.17, 15) is 23.6 Å². The van der Waals surface area contributed by atoms with Crippen LogP contribution in [0.25, 0.3) is 11.0 Å². The third kappa shape index (κ3) is 9.99. The highest BCUT2D eigenvalue weighted by atomic mass is 35.5. The molecule has 0 unspecified atom stereocenters. The first kappa shape index (κ1) is 41.7. The van der Waals surface area contributed by atoms with Gasteiger partial charge in [-0.15, -0.1) is 24.8 Å². The van der Waals surface area contributed by atoms with Crippen LogP contribution in [-0.2, 0) is 29.0 Å². The number of benzene rings is 2. The SMILES string of the molecule is CC(C)Cc1nc2ccc(C(=O)N3CC(=O)NCCCc4ccc(F)c(c4)C(=O)N4CCC[C@H]4C(=O)N[C@H](C(C)C)C3)cc2n1CCCN.Cl.Cl. The largest absolute Gasteiger partial charge is 0.355 e. The molecule has 0 radical (unpaired) electrons. The van der Waals surface area contributed by atoms with Crippen LogP contribution in [0.15, 0.2) is 36.4 Å². The first-order valence-electron chi connectivity index (χ1n) is 17.6. The summed E-state index contributed by atoms with van der Waals surface area (Å²) in [5.41, 5.74) is 8.60. The Morgan fingerprint density at radius 2 is 1.82 bits per heavy atom. The first-order chi connectivity index (χ1) is 23.5. The van der Waals surface area contributed by atoms with Crippen molar-refractivity contribution in [2.24, 2.45) is 17.6 Å². The molecule has 280 valence electrons. The zero-order valence-corrected chi connectivity index (χ0v) is 31.6. The zero-order chi connectivity index (χ0) is 35.2. The van der Waals surface area contributed by atoms with E-state index in [1.54, 1.807) is 18.2 Å². The summed E-state index contributed by atoms with van der Waals surface area (Å²) in [6.07, 6.45) is 3.69. The van der Waals surface area contributed by atoms with Crippen LogP contribution >= 0.6 is 24.8 Å². The number of rotatable bonds is 7. The smallest absolute Gasteiger partial charge is 0.257 e. The van der Waals surface area contributed by atoms with Crippen LogP contribution in [0.1, 0.15) is 85.5 Å². The van der Waals surface area contributed by atoms with Crippen molar-refractivity contribution in [1.29, 1.82) is 0 Å². The molecular formula is C37H52Cl2FN7O4. The van der Waals surface area contributed by atoms with Crippen molar-refractivity contribution in [3.8, 4) is 0 Å². The summed E-state index contributed by atoms with van der Waals surface area (Å²) in [4.78, 5) is 62.8. The van der Waals surface area contributed by atoms with Crippen LogP contribution in [-0.4, -0.2) is 87.8 Å². The molecule has 2 bridgehead atoms. The number of nitrogens with zero attached hydrogens (tertiary/aromatic N) is 4. The van der Waals surface area contributed by atoms with Crippen LogP contribution in [0.3, 0.4) is 0 Å². The molecule has 1 aromatic heterocycles. The number of nitrogens with two attached hydrogens (primary N) is 1. The predicted molar refractivity (Wildman–Crippen MR) is 201 cm³/mol. The van der Waals surface area contributed by atoms with E-state index in [4.69, 9.17) is 10.7 Å². The second kappa shape index (κ2) is 18.7. The molecule has 0 spiro atoms. The summed E-state index contributed by atoms with van der Waals surface area (Å²) in [7, 11) is 0. The lowest BCUT2D eigenvalue weighted by Crippen LogP contribution is -2.54. The van der Waals surface area contributed by atoms with Gasteiger partial charge >= 0.3 is 0 Å². The summed E-state index contributed by atoms with van der Waals surface area (Å²) >= 11 is 0. The van der Waals surface area contributed by atoms with Crippen molar-refractivity contribution >= 4 is 59.5 Å². The third-order valence-corrected chi connectivity index (χ3v) is 9.46. The van der Waals surface area contributed by atoms with Gasteiger partial charge in [0, 0.05) is 44.2 Å². The fourth-order valence-corrected chi connectivity index (χ4v) is 6.75. The Balaban J connectivity index is 0.00000351. The molecule has 2 aliphatic heterocycles. The first-order valence-corrected chi connectivity index (χ1v) is 17.6. The maximum Gasteiger partial charge on any atom is 0.257 e. The summed E-state index contributed by atoms with van der Waals surface area (Å²) < 4.78 is 17.0. The van der Waals surface area contributed by atoms with Gasteiger partial charge in [0.1, 0.15) is 17.7 Å². The number of fused-ring (bicyclic) bond motifs is 4. The fraction of sp³-hybridized carbons (Fsp3) is 0.541. The number of aryl methyl sites for hydroxylation is 2. The van der Waals surface area contributed by atoms with Crippen molar-refractivity contribution in [1.82, 2.24) is 30.0 Å². The zero-order valence-electron chi connectivity index (χ0n) is 30.0. The molecule has 51 heavy (non-hydrogen) atoms. The van der Waals surface area contributed by atoms with Crippen LogP contribution in [0.2, 0.25) is 0 Å². The van der Waals surface area contributed by atoms with E-state index >= 15 is 0 Å². The average molecular weight is 749 g/mol. The fourth-order valence-electron chi connectivity index (χ4n) is 6.75. The molecule has 0 aliphatic carbocycles. The third-order valence-electron chi connectivity index (χ3n) is 9.46. The normalized spacial score (nSPS) is 18.9. The van der Waals surface area contributed by atoms with Crippen molar-refractivity contribution in [3.05, 3.63) is 64.7 Å². The minimum absolute atomic E-state index is 0. The summed E-state index contributed by atoms with van der Waals surface area (Å²) in [6.45, 7) is 9.93. The molecule has 3 aromatic rings. The quantitative estimate of drug-likeness (QED) is 0.325. The van der Waals surface area contributed by atoms with Gasteiger partial charge in [-0.2, -0.15) is 0 Å². The van der Waals surface area contributed by atoms with Gasteiger partial charge in [0.05, 0.1) is 23.1 Å². The highest BCUT2D eigenvalue weighted by Crippen LogP contribution is 2.25. The number of halogens is 3. The molecular weight excluding hydrogens is 696 g/mol. The molecule has 5 rings (SSSR count). The molecule has 1 saturated heterocycles. The Labute approximate surface area is 312 Å². The van der Waals surface area contributed by atoms with Crippen molar-refractivity contribution in [2.45, 2.75) is 84.8 Å². The van der Waals surface area contributed by atoms with Crippen LogP contribution in [0.4, 0.5) is 4.39 Å². The van der Waals surface area contributed by atoms with Gasteiger partial charge in [-0.25, -0.2) is 9.37 Å². The Morgan fingerprint density at radius 3 is 2.53 bits per heavy atom. The maximum atomic E-state index is 14.9. The lowest BCUT2D eigenvalue weighted by Gasteiger charge is -2.32. The second-order valence-electron chi connectivity index (χ2n) is 14.1. The van der Waals surface area contributed by atoms with E-state index < -0.39 is 23.8 Å². The van der Waals surface area contributed by atoms with Gasteiger partial charge in [0.15, 0.2) is 0 Å². The summed E-state index contributed by atoms with van der Waals surface area (Å²) in [5, 5.41) is 5.99. The molecule has 4 amide bonds. The second-order valence-corrected chi connectivity index (χ2v) is 14.1. The molecule has 2 aliphatic rings. The number of aromatic nitrogens is 2. The monoisotopic (exact) mass is 747 g/mol. The van der Waals surface area contributed by atoms with Gasteiger partial charge in [0.2, 0.25) is 11.8 Å². The number of hydrogen-bond donors (Lipinski definition) is 3. The molecule has 2 aromatic carbocycles. The minimum atomic E-state index is -0.767. The Hall–Kier alpha value is -3.74. The standard InChI is InChI=1S/C37H50FN7O4.2ClH/c1-23(2)18-33-41-29-13-11-26(20-32(29)44(33)17-7-14-39)36(48)43-21-30(24(3)4)42-35(47)31-9-6-16-45(31)37(49)27-19-25(10-12-28(27)38)8-5-15-40-34(46)22-43;;/h10-13,19-20,23-24,30-31H,5-9,14-18,21-22,39H2,1-4H3,(H,40,46)(H,42,47);2*1H/t30-,31-;;/m0../s1. The average Bonchev–Trinajstić information content (AvgIpc) is 3.69. The van der Waals surface area contributed by atoms with Gasteiger partial charge in [-0.3, -0.25) is 19.2 Å². The Morgan fingerprint density at radius 1 is 1.06 bits per heavy atom. The molecule has 11 nitrogen and oxygen atoms in total. The number of imidazole rings is 1. The van der Waals surface area contributed by atoms with Crippen LogP contribution in [0.5, 0.6) is 0 Å². The van der Waals surface area contributed by atoms with E-state index in [2.05, 4.69) is 29.0 Å². The van der Waals surface area contributed by atoms with Gasteiger partial charge in [0.25, 0.3) is 11.8 Å². The van der Waals surface area contributed by atoms with Crippen LogP contribution in [0, 0.1) is 17.7 Å². The summed E-state index contributed by atoms with van der Waals surface area (Å²) in [6, 6.07) is 8.60. The molecule has 4 N–H and O–H groups in total. The molecule has 2 atom stereocenters. The molecule has 1 fully saturated rings. The number of hydrogen-bond acceptors (Lipinski definition) is 6. The van der Waals surface area contributed by atoms with E-state index in [0.29, 0.717) is 63.3 Å². The molecule has 3 heterocycles. The molecule has 14 heteroatoms. The van der Waals surface area contributed by atoms with E-state index in [0.717, 1.165) is 35.3 Å².